The van der Waals surface area contributed by atoms with E-state index in [0.29, 0.717) is 24.6 Å². The molecule has 0 aromatic carbocycles. The molecule has 23 heavy (non-hydrogen) atoms. The number of aromatic nitrogens is 4. The molecule has 0 aliphatic rings. The maximum atomic E-state index is 12.3. The lowest BCUT2D eigenvalue weighted by atomic mass is 10.2. The van der Waals surface area contributed by atoms with Crippen LogP contribution in [0.3, 0.4) is 0 Å². The molecular formula is C15H17N5O2S. The third-order valence-corrected chi connectivity index (χ3v) is 4.25. The smallest absolute Gasteiger partial charge is 0.245 e. The zero-order valence-corrected chi connectivity index (χ0v) is 13.5. The molecule has 0 aliphatic carbocycles. The molecule has 1 amide bonds. The molecule has 3 aromatic heterocycles. The molecule has 7 nitrogen and oxygen atoms in total. The van der Waals surface area contributed by atoms with Gasteiger partial charge in [-0.1, -0.05) is 18.1 Å². The molecule has 120 valence electrons. The Hall–Kier alpha value is -2.48. The third-order valence-electron chi connectivity index (χ3n) is 3.37. The van der Waals surface area contributed by atoms with Crippen molar-refractivity contribution in [1.29, 1.82) is 0 Å². The van der Waals surface area contributed by atoms with Crippen LogP contribution < -0.4 is 5.32 Å². The second-order valence-corrected chi connectivity index (χ2v) is 6.02. The van der Waals surface area contributed by atoms with E-state index in [-0.39, 0.29) is 18.5 Å². The molecule has 1 atom stereocenters. The van der Waals surface area contributed by atoms with E-state index in [1.807, 2.05) is 24.4 Å². The van der Waals surface area contributed by atoms with Gasteiger partial charge in [0.15, 0.2) is 5.82 Å². The zero-order valence-electron chi connectivity index (χ0n) is 12.7. The number of nitrogens with zero attached hydrogens (tertiary/aromatic N) is 4. The normalized spacial score (nSPS) is 12.2. The minimum Gasteiger partial charge on any atom is -0.347 e. The first kappa shape index (κ1) is 15.4. The Kier molecular flexibility index (Phi) is 4.82. The Balaban J connectivity index is 1.55. The quantitative estimate of drug-likeness (QED) is 0.717. The second kappa shape index (κ2) is 7.19. The van der Waals surface area contributed by atoms with Gasteiger partial charge in [-0.2, -0.15) is 10.1 Å². The van der Waals surface area contributed by atoms with E-state index < -0.39 is 0 Å². The summed E-state index contributed by atoms with van der Waals surface area (Å²) in [6.45, 7) is 2.18. The summed E-state index contributed by atoms with van der Waals surface area (Å²) in [6, 6.07) is 5.47. The lowest BCUT2D eigenvalue weighted by molar-refractivity contribution is -0.124. The summed E-state index contributed by atoms with van der Waals surface area (Å²) < 4.78 is 6.85. The van der Waals surface area contributed by atoms with Gasteiger partial charge < -0.3 is 9.84 Å². The standard InChI is InChI=1S/C15H17N5O2S/c1-2-12(20-7-4-6-17-20)15(21)16-10-13-18-14(22-19-13)9-11-5-3-8-23-11/h3-8,12H,2,9-10H2,1H3,(H,16,21)/t12-/m1/s1. The van der Waals surface area contributed by atoms with Crippen LogP contribution in [-0.4, -0.2) is 25.8 Å². The molecule has 0 spiro atoms. The van der Waals surface area contributed by atoms with Gasteiger partial charge in [-0.15, -0.1) is 11.3 Å². The van der Waals surface area contributed by atoms with Crippen LogP contribution in [-0.2, 0) is 17.8 Å². The van der Waals surface area contributed by atoms with Crippen LogP contribution in [0.25, 0.3) is 0 Å². The highest BCUT2D eigenvalue weighted by Gasteiger charge is 2.19. The van der Waals surface area contributed by atoms with Crippen molar-refractivity contribution < 1.29 is 9.32 Å². The Morgan fingerprint density at radius 3 is 3.09 bits per heavy atom. The number of hydrogen-bond acceptors (Lipinski definition) is 6. The van der Waals surface area contributed by atoms with Gasteiger partial charge in [0.2, 0.25) is 11.8 Å². The highest BCUT2D eigenvalue weighted by atomic mass is 32.1. The molecule has 3 heterocycles. The average Bonchev–Trinajstić information content (AvgIpc) is 3.29. The fraction of sp³-hybridized carbons (Fsp3) is 0.333. The molecule has 8 heteroatoms. The van der Waals surface area contributed by atoms with E-state index in [1.54, 1.807) is 34.5 Å². The molecule has 3 aromatic rings. The van der Waals surface area contributed by atoms with Crippen molar-refractivity contribution in [3.8, 4) is 0 Å². The Bertz CT molecular complexity index is 736. The van der Waals surface area contributed by atoms with Gasteiger partial charge in [0.25, 0.3) is 0 Å². The van der Waals surface area contributed by atoms with Crippen LogP contribution in [0, 0.1) is 0 Å². The van der Waals surface area contributed by atoms with E-state index in [4.69, 9.17) is 4.52 Å². The van der Waals surface area contributed by atoms with Gasteiger partial charge in [-0.3, -0.25) is 9.48 Å². The maximum Gasteiger partial charge on any atom is 0.245 e. The molecular weight excluding hydrogens is 314 g/mol. The summed E-state index contributed by atoms with van der Waals surface area (Å²) in [6.07, 6.45) is 4.71. The minimum atomic E-state index is -0.331. The first-order valence-corrected chi connectivity index (χ1v) is 8.25. The number of rotatable bonds is 7. The van der Waals surface area contributed by atoms with Gasteiger partial charge in [0.05, 0.1) is 13.0 Å². The first-order chi connectivity index (χ1) is 11.3. The van der Waals surface area contributed by atoms with Gasteiger partial charge in [0.1, 0.15) is 6.04 Å². The second-order valence-electron chi connectivity index (χ2n) is 4.99. The van der Waals surface area contributed by atoms with E-state index in [1.165, 1.54) is 0 Å². The van der Waals surface area contributed by atoms with Crippen LogP contribution in [0.15, 0.2) is 40.5 Å². The van der Waals surface area contributed by atoms with Crippen molar-refractivity contribution >= 4 is 17.2 Å². The van der Waals surface area contributed by atoms with Crippen LogP contribution in [0.4, 0.5) is 0 Å². The van der Waals surface area contributed by atoms with Crippen molar-refractivity contribution in [1.82, 2.24) is 25.2 Å². The van der Waals surface area contributed by atoms with Crippen molar-refractivity contribution in [2.75, 3.05) is 0 Å². The SMILES string of the molecule is CC[C@H](C(=O)NCc1noc(Cc2cccs2)n1)n1cccn1. The van der Waals surface area contributed by atoms with E-state index in [2.05, 4.69) is 20.6 Å². The number of carbonyl (C=O) groups is 1. The van der Waals surface area contributed by atoms with E-state index >= 15 is 0 Å². The summed E-state index contributed by atoms with van der Waals surface area (Å²) in [7, 11) is 0. The summed E-state index contributed by atoms with van der Waals surface area (Å²) in [5.41, 5.74) is 0. The minimum absolute atomic E-state index is 0.110. The predicted octanol–water partition coefficient (Wildman–Crippen LogP) is 2.19. The molecule has 1 N–H and O–H groups in total. The van der Waals surface area contributed by atoms with Crippen LogP contribution in [0.5, 0.6) is 0 Å². The third kappa shape index (κ3) is 3.84. The highest BCUT2D eigenvalue weighted by molar-refractivity contribution is 7.09. The highest BCUT2D eigenvalue weighted by Crippen LogP contribution is 2.14. The van der Waals surface area contributed by atoms with Gasteiger partial charge in [-0.05, 0) is 23.9 Å². The lowest BCUT2D eigenvalue weighted by Gasteiger charge is -2.14. The summed E-state index contributed by atoms with van der Waals surface area (Å²) in [5, 5.41) is 12.8. The summed E-state index contributed by atoms with van der Waals surface area (Å²) in [5.74, 6) is 0.914. The molecule has 0 radical (unpaired) electrons. The molecule has 3 rings (SSSR count). The zero-order chi connectivity index (χ0) is 16.1. The predicted molar refractivity (Wildman–Crippen MR) is 84.8 cm³/mol. The maximum absolute atomic E-state index is 12.3. The van der Waals surface area contributed by atoms with Gasteiger partial charge in [-0.25, -0.2) is 0 Å². The van der Waals surface area contributed by atoms with Crippen molar-refractivity contribution in [3.05, 3.63) is 52.6 Å². The number of carbonyl (C=O) groups excluding carboxylic acids is 1. The van der Waals surface area contributed by atoms with Crippen LogP contribution >= 0.6 is 11.3 Å². The average molecular weight is 331 g/mol. The van der Waals surface area contributed by atoms with Crippen molar-refractivity contribution in [2.24, 2.45) is 0 Å². The largest absolute Gasteiger partial charge is 0.347 e. The molecule has 0 unspecified atom stereocenters. The molecule has 0 fully saturated rings. The Morgan fingerprint density at radius 1 is 1.48 bits per heavy atom. The van der Waals surface area contributed by atoms with E-state index in [0.717, 1.165) is 4.88 Å². The molecule has 0 saturated heterocycles. The van der Waals surface area contributed by atoms with Crippen LogP contribution in [0.1, 0.15) is 36.0 Å². The first-order valence-electron chi connectivity index (χ1n) is 7.37. The van der Waals surface area contributed by atoms with Gasteiger partial charge >= 0.3 is 0 Å². The Labute approximate surface area is 137 Å². The van der Waals surface area contributed by atoms with E-state index in [9.17, 15) is 4.79 Å². The lowest BCUT2D eigenvalue weighted by Crippen LogP contribution is -2.32. The van der Waals surface area contributed by atoms with Gasteiger partial charge in [0, 0.05) is 17.3 Å². The van der Waals surface area contributed by atoms with Crippen LogP contribution in [0.2, 0.25) is 0 Å². The molecule has 0 aliphatic heterocycles. The fourth-order valence-corrected chi connectivity index (χ4v) is 2.93. The fourth-order valence-electron chi connectivity index (χ4n) is 2.24. The Morgan fingerprint density at radius 2 is 2.39 bits per heavy atom. The summed E-state index contributed by atoms with van der Waals surface area (Å²) >= 11 is 1.64. The van der Waals surface area contributed by atoms with Crippen molar-refractivity contribution in [3.63, 3.8) is 0 Å². The molecule has 0 saturated carbocycles. The summed E-state index contributed by atoms with van der Waals surface area (Å²) in [4.78, 5) is 17.7. The molecule has 0 bridgehead atoms. The topological polar surface area (TPSA) is 85.8 Å². The number of amides is 1. The number of thiophene rings is 1. The number of nitrogens with one attached hydrogen (secondary N) is 1. The monoisotopic (exact) mass is 331 g/mol. The number of hydrogen-bond donors (Lipinski definition) is 1. The van der Waals surface area contributed by atoms with Crippen molar-refractivity contribution in [2.45, 2.75) is 32.4 Å².